The summed E-state index contributed by atoms with van der Waals surface area (Å²) in [4.78, 5) is 12.0. The van der Waals surface area contributed by atoms with Crippen molar-refractivity contribution in [2.45, 2.75) is 12.5 Å². The van der Waals surface area contributed by atoms with Gasteiger partial charge in [0.1, 0.15) is 11.6 Å². The van der Waals surface area contributed by atoms with Crippen molar-refractivity contribution in [2.24, 2.45) is 0 Å². The Morgan fingerprint density at radius 2 is 1.91 bits per heavy atom. The number of ether oxygens (including phenoxy) is 2. The van der Waals surface area contributed by atoms with Crippen LogP contribution in [0.5, 0.6) is 5.75 Å². The maximum absolute atomic E-state index is 12.8. The summed E-state index contributed by atoms with van der Waals surface area (Å²) in [5, 5.41) is 2.83. The highest BCUT2D eigenvalue weighted by atomic mass is 19.1. The number of hydrogen-bond donors (Lipinski definition) is 1. The molecule has 1 amide bonds. The fraction of sp³-hybridized carbons (Fsp3) is 0.278. The Balaban J connectivity index is 1.91. The van der Waals surface area contributed by atoms with Crippen LogP contribution in [0.4, 0.5) is 4.39 Å². The molecule has 2 aromatic rings. The Morgan fingerprint density at radius 3 is 2.57 bits per heavy atom. The largest absolute Gasteiger partial charge is 0.497 e. The first kappa shape index (κ1) is 17.0. The van der Waals surface area contributed by atoms with Gasteiger partial charge in [0.2, 0.25) is 5.91 Å². The van der Waals surface area contributed by atoms with Crippen molar-refractivity contribution >= 4 is 5.91 Å². The molecule has 2 aromatic carbocycles. The highest BCUT2D eigenvalue weighted by Gasteiger charge is 2.13. The van der Waals surface area contributed by atoms with Crippen molar-refractivity contribution in [3.63, 3.8) is 0 Å². The van der Waals surface area contributed by atoms with Gasteiger partial charge in [-0.25, -0.2) is 4.39 Å². The van der Waals surface area contributed by atoms with Gasteiger partial charge in [0, 0.05) is 13.7 Å². The van der Waals surface area contributed by atoms with E-state index in [4.69, 9.17) is 9.47 Å². The van der Waals surface area contributed by atoms with Crippen LogP contribution in [-0.2, 0) is 16.0 Å². The Kier molecular flexibility index (Phi) is 6.11. The third-order valence-corrected chi connectivity index (χ3v) is 3.51. The van der Waals surface area contributed by atoms with Crippen LogP contribution < -0.4 is 10.1 Å². The predicted molar refractivity (Wildman–Crippen MR) is 85.9 cm³/mol. The average Bonchev–Trinajstić information content (AvgIpc) is 2.58. The summed E-state index contributed by atoms with van der Waals surface area (Å²) in [5.41, 5.74) is 1.69. The molecule has 2 rings (SSSR count). The minimum Gasteiger partial charge on any atom is -0.497 e. The number of carbonyl (C=O) groups excluding carboxylic acids is 1. The average molecular weight is 317 g/mol. The number of methoxy groups -OCH3 is 2. The van der Waals surface area contributed by atoms with Gasteiger partial charge in [0.15, 0.2) is 0 Å². The zero-order chi connectivity index (χ0) is 16.7. The number of nitrogens with one attached hydrogen (secondary N) is 1. The quantitative estimate of drug-likeness (QED) is 0.854. The molecule has 23 heavy (non-hydrogen) atoms. The van der Waals surface area contributed by atoms with E-state index in [9.17, 15) is 9.18 Å². The van der Waals surface area contributed by atoms with Crippen molar-refractivity contribution in [3.8, 4) is 5.75 Å². The maximum atomic E-state index is 12.8. The van der Waals surface area contributed by atoms with Crippen molar-refractivity contribution in [1.82, 2.24) is 5.32 Å². The molecule has 0 aliphatic heterocycles. The van der Waals surface area contributed by atoms with Crippen LogP contribution in [0.1, 0.15) is 17.2 Å². The zero-order valence-electron chi connectivity index (χ0n) is 13.2. The summed E-state index contributed by atoms with van der Waals surface area (Å²) < 4.78 is 23.5. The van der Waals surface area contributed by atoms with Crippen molar-refractivity contribution in [1.29, 1.82) is 0 Å². The molecule has 0 fully saturated rings. The lowest BCUT2D eigenvalue weighted by Gasteiger charge is -2.17. The lowest BCUT2D eigenvalue weighted by atomic mass is 10.1. The second kappa shape index (κ2) is 8.29. The standard InChI is InChI=1S/C18H20FNO3/c1-22-16-5-3-4-14(11-16)17(23-2)12-20-18(21)10-13-6-8-15(19)9-7-13/h3-9,11,17H,10,12H2,1-2H3,(H,20,21)/t17-/m0/s1. The fourth-order valence-corrected chi connectivity index (χ4v) is 2.24. The molecule has 0 saturated carbocycles. The topological polar surface area (TPSA) is 47.6 Å². The van der Waals surface area contributed by atoms with E-state index in [1.54, 1.807) is 26.4 Å². The number of carbonyl (C=O) groups is 1. The van der Waals surface area contributed by atoms with Crippen LogP contribution in [0.2, 0.25) is 0 Å². The van der Waals surface area contributed by atoms with Gasteiger partial charge in [0.25, 0.3) is 0 Å². The summed E-state index contributed by atoms with van der Waals surface area (Å²) in [6.45, 7) is 0.351. The lowest BCUT2D eigenvalue weighted by molar-refractivity contribution is -0.121. The minimum absolute atomic E-state index is 0.137. The van der Waals surface area contributed by atoms with E-state index < -0.39 is 0 Å². The summed E-state index contributed by atoms with van der Waals surface area (Å²) in [6, 6.07) is 13.4. The van der Waals surface area contributed by atoms with Crippen LogP contribution >= 0.6 is 0 Å². The molecule has 0 heterocycles. The molecular weight excluding hydrogens is 297 g/mol. The lowest BCUT2D eigenvalue weighted by Crippen LogP contribution is -2.30. The summed E-state index contributed by atoms with van der Waals surface area (Å²) in [6.07, 6.45) is -0.0586. The first-order valence-electron chi connectivity index (χ1n) is 7.30. The number of amides is 1. The van der Waals surface area contributed by atoms with Gasteiger partial charge in [-0.2, -0.15) is 0 Å². The Bertz CT molecular complexity index is 643. The van der Waals surface area contributed by atoms with E-state index >= 15 is 0 Å². The zero-order valence-corrected chi connectivity index (χ0v) is 13.2. The number of halogens is 1. The molecular formula is C18H20FNO3. The third-order valence-electron chi connectivity index (χ3n) is 3.51. The summed E-state index contributed by atoms with van der Waals surface area (Å²) in [7, 11) is 3.20. The highest BCUT2D eigenvalue weighted by molar-refractivity contribution is 5.78. The van der Waals surface area contributed by atoms with E-state index in [1.165, 1.54) is 12.1 Å². The normalized spacial score (nSPS) is 11.8. The van der Waals surface area contributed by atoms with E-state index in [2.05, 4.69) is 5.32 Å². The molecule has 0 saturated heterocycles. The van der Waals surface area contributed by atoms with Crippen LogP contribution in [0.3, 0.4) is 0 Å². The van der Waals surface area contributed by atoms with Crippen molar-refractivity contribution < 1.29 is 18.7 Å². The predicted octanol–water partition coefficient (Wildman–Crippen LogP) is 2.88. The molecule has 0 bridgehead atoms. The number of rotatable bonds is 7. The van der Waals surface area contributed by atoms with Gasteiger partial charge in [-0.05, 0) is 35.4 Å². The first-order valence-corrected chi connectivity index (χ1v) is 7.30. The number of benzene rings is 2. The Hall–Kier alpha value is -2.40. The monoisotopic (exact) mass is 317 g/mol. The Morgan fingerprint density at radius 1 is 1.17 bits per heavy atom. The fourth-order valence-electron chi connectivity index (χ4n) is 2.24. The van der Waals surface area contributed by atoms with E-state index in [1.807, 2.05) is 24.3 Å². The van der Waals surface area contributed by atoms with Crippen molar-refractivity contribution in [2.75, 3.05) is 20.8 Å². The molecule has 1 N–H and O–H groups in total. The first-order chi connectivity index (χ1) is 11.1. The second-order valence-corrected chi connectivity index (χ2v) is 5.11. The molecule has 0 spiro atoms. The molecule has 0 radical (unpaired) electrons. The van der Waals surface area contributed by atoms with Gasteiger partial charge in [-0.15, -0.1) is 0 Å². The van der Waals surface area contributed by atoms with Gasteiger partial charge in [-0.3, -0.25) is 4.79 Å². The van der Waals surface area contributed by atoms with Gasteiger partial charge < -0.3 is 14.8 Å². The molecule has 4 nitrogen and oxygen atoms in total. The molecule has 0 aliphatic rings. The molecule has 0 unspecified atom stereocenters. The van der Waals surface area contributed by atoms with E-state index in [-0.39, 0.29) is 24.2 Å². The Labute approximate surface area is 135 Å². The maximum Gasteiger partial charge on any atom is 0.224 e. The van der Waals surface area contributed by atoms with Crippen LogP contribution in [0.25, 0.3) is 0 Å². The van der Waals surface area contributed by atoms with Gasteiger partial charge in [0.05, 0.1) is 19.6 Å². The van der Waals surface area contributed by atoms with Crippen molar-refractivity contribution in [3.05, 3.63) is 65.5 Å². The summed E-state index contributed by atoms with van der Waals surface area (Å²) in [5.74, 6) is 0.287. The molecule has 0 aliphatic carbocycles. The van der Waals surface area contributed by atoms with Gasteiger partial charge in [-0.1, -0.05) is 24.3 Å². The molecule has 122 valence electrons. The molecule has 1 atom stereocenters. The van der Waals surface area contributed by atoms with E-state index in [0.717, 1.165) is 16.9 Å². The van der Waals surface area contributed by atoms with Gasteiger partial charge >= 0.3 is 0 Å². The SMILES string of the molecule is COc1cccc([C@H](CNC(=O)Cc2ccc(F)cc2)OC)c1. The molecule has 0 aromatic heterocycles. The second-order valence-electron chi connectivity index (χ2n) is 5.11. The van der Waals surface area contributed by atoms with Crippen LogP contribution in [-0.4, -0.2) is 26.7 Å². The van der Waals surface area contributed by atoms with Crippen LogP contribution in [0.15, 0.2) is 48.5 Å². The molecule has 5 heteroatoms. The van der Waals surface area contributed by atoms with Crippen LogP contribution in [0, 0.1) is 5.82 Å². The minimum atomic E-state index is -0.313. The summed E-state index contributed by atoms with van der Waals surface area (Å²) >= 11 is 0. The number of hydrogen-bond acceptors (Lipinski definition) is 3. The third kappa shape index (κ3) is 5.07. The van der Waals surface area contributed by atoms with E-state index in [0.29, 0.717) is 6.54 Å². The highest BCUT2D eigenvalue weighted by Crippen LogP contribution is 2.21. The smallest absolute Gasteiger partial charge is 0.224 e.